The number of amides is 1. The van der Waals surface area contributed by atoms with Gasteiger partial charge in [0.25, 0.3) is 5.91 Å². The molecule has 2 heterocycles. The summed E-state index contributed by atoms with van der Waals surface area (Å²) in [6.45, 7) is 6.71. The molecule has 0 spiro atoms. The Bertz CT molecular complexity index is 579. The SMILES string of the molecule is Cn1cccc1C(=O)NCc1nnc(C(C)(C)C)s1. The Labute approximate surface area is 116 Å². The van der Waals surface area contributed by atoms with Crippen molar-refractivity contribution in [3.05, 3.63) is 34.0 Å². The highest BCUT2D eigenvalue weighted by Gasteiger charge is 2.19. The third-order valence-corrected chi connectivity index (χ3v) is 4.03. The summed E-state index contributed by atoms with van der Waals surface area (Å²) in [6, 6.07) is 3.63. The molecular formula is C13H18N4OS. The summed E-state index contributed by atoms with van der Waals surface area (Å²) < 4.78 is 1.79. The van der Waals surface area contributed by atoms with Crippen LogP contribution < -0.4 is 5.32 Å². The minimum atomic E-state index is -0.0972. The zero-order chi connectivity index (χ0) is 14.0. The first-order valence-corrected chi connectivity index (χ1v) is 6.92. The van der Waals surface area contributed by atoms with Gasteiger partial charge >= 0.3 is 0 Å². The molecule has 0 saturated carbocycles. The minimum absolute atomic E-state index is 0.00194. The van der Waals surface area contributed by atoms with Crippen LogP contribution in [0.3, 0.4) is 0 Å². The second kappa shape index (κ2) is 5.13. The fraction of sp³-hybridized carbons (Fsp3) is 0.462. The van der Waals surface area contributed by atoms with E-state index in [0.717, 1.165) is 10.0 Å². The number of carbonyl (C=O) groups excluding carboxylic acids is 1. The summed E-state index contributed by atoms with van der Waals surface area (Å²) in [6.07, 6.45) is 1.84. The van der Waals surface area contributed by atoms with E-state index in [2.05, 4.69) is 36.3 Å². The van der Waals surface area contributed by atoms with E-state index < -0.39 is 0 Å². The highest BCUT2D eigenvalue weighted by molar-refractivity contribution is 7.11. The van der Waals surface area contributed by atoms with Gasteiger partial charge in [0.05, 0.1) is 6.54 Å². The molecule has 102 valence electrons. The largest absolute Gasteiger partial charge is 0.347 e. The van der Waals surface area contributed by atoms with Gasteiger partial charge in [0.15, 0.2) is 0 Å². The number of nitrogens with one attached hydrogen (secondary N) is 1. The van der Waals surface area contributed by atoms with Crippen LogP contribution in [0.2, 0.25) is 0 Å². The molecule has 1 amide bonds. The molecule has 0 saturated heterocycles. The molecule has 0 fully saturated rings. The number of rotatable bonds is 3. The molecule has 5 nitrogen and oxygen atoms in total. The molecule has 19 heavy (non-hydrogen) atoms. The fourth-order valence-electron chi connectivity index (χ4n) is 1.57. The van der Waals surface area contributed by atoms with Gasteiger partial charge < -0.3 is 9.88 Å². The van der Waals surface area contributed by atoms with Crippen LogP contribution in [0.4, 0.5) is 0 Å². The number of hydrogen-bond donors (Lipinski definition) is 1. The highest BCUT2D eigenvalue weighted by Crippen LogP contribution is 2.25. The zero-order valence-corrected chi connectivity index (χ0v) is 12.4. The van der Waals surface area contributed by atoms with Crippen molar-refractivity contribution in [2.45, 2.75) is 32.7 Å². The first-order chi connectivity index (χ1) is 8.88. The van der Waals surface area contributed by atoms with E-state index >= 15 is 0 Å². The molecule has 0 aliphatic heterocycles. The minimum Gasteiger partial charge on any atom is -0.347 e. The summed E-state index contributed by atoms with van der Waals surface area (Å²) in [5, 5.41) is 12.9. The van der Waals surface area contributed by atoms with Gasteiger partial charge in [-0.1, -0.05) is 32.1 Å². The van der Waals surface area contributed by atoms with Gasteiger partial charge in [-0.25, -0.2) is 0 Å². The third-order valence-electron chi connectivity index (χ3n) is 2.69. The molecule has 2 aromatic heterocycles. The first-order valence-electron chi connectivity index (χ1n) is 6.10. The van der Waals surface area contributed by atoms with Gasteiger partial charge in [-0.05, 0) is 12.1 Å². The van der Waals surface area contributed by atoms with Gasteiger partial charge in [0.1, 0.15) is 15.7 Å². The van der Waals surface area contributed by atoms with Crippen molar-refractivity contribution in [2.24, 2.45) is 7.05 Å². The molecular weight excluding hydrogens is 260 g/mol. The lowest BCUT2D eigenvalue weighted by atomic mass is 9.98. The zero-order valence-electron chi connectivity index (χ0n) is 11.6. The number of carbonyl (C=O) groups is 1. The normalized spacial score (nSPS) is 11.6. The topological polar surface area (TPSA) is 59.8 Å². The Kier molecular flexibility index (Phi) is 3.71. The standard InChI is InChI=1S/C13H18N4OS/c1-13(2,3)12-16-15-10(19-12)8-14-11(18)9-6-5-7-17(9)4/h5-7H,8H2,1-4H3,(H,14,18). The van der Waals surface area contributed by atoms with Crippen LogP contribution in [0.25, 0.3) is 0 Å². The number of nitrogens with zero attached hydrogens (tertiary/aromatic N) is 3. The maximum absolute atomic E-state index is 11.9. The van der Waals surface area contributed by atoms with Crippen LogP contribution in [0, 0.1) is 0 Å². The van der Waals surface area contributed by atoms with E-state index in [0.29, 0.717) is 12.2 Å². The Morgan fingerprint density at radius 2 is 2.16 bits per heavy atom. The van der Waals surface area contributed by atoms with Crippen molar-refractivity contribution in [2.75, 3.05) is 0 Å². The summed E-state index contributed by atoms with van der Waals surface area (Å²) in [4.78, 5) is 11.9. The van der Waals surface area contributed by atoms with Gasteiger partial charge in [-0.15, -0.1) is 10.2 Å². The molecule has 0 unspecified atom stereocenters. The van der Waals surface area contributed by atoms with Crippen LogP contribution in [0.5, 0.6) is 0 Å². The smallest absolute Gasteiger partial charge is 0.268 e. The average molecular weight is 278 g/mol. The van der Waals surface area contributed by atoms with Crippen molar-refractivity contribution < 1.29 is 4.79 Å². The number of aromatic nitrogens is 3. The van der Waals surface area contributed by atoms with E-state index in [1.165, 1.54) is 11.3 Å². The lowest BCUT2D eigenvalue weighted by Gasteiger charge is -2.12. The lowest BCUT2D eigenvalue weighted by molar-refractivity contribution is 0.0942. The van der Waals surface area contributed by atoms with E-state index in [4.69, 9.17) is 0 Å². The van der Waals surface area contributed by atoms with Gasteiger partial charge in [-0.2, -0.15) is 0 Å². The Balaban J connectivity index is 1.98. The van der Waals surface area contributed by atoms with Crippen molar-refractivity contribution in [3.8, 4) is 0 Å². The van der Waals surface area contributed by atoms with E-state index in [1.54, 1.807) is 10.6 Å². The summed E-state index contributed by atoms with van der Waals surface area (Å²) in [7, 11) is 1.84. The second-order valence-corrected chi connectivity index (χ2v) is 6.50. The molecule has 1 N–H and O–H groups in total. The van der Waals surface area contributed by atoms with Crippen LogP contribution in [0.15, 0.2) is 18.3 Å². The van der Waals surface area contributed by atoms with Crippen LogP contribution in [-0.2, 0) is 19.0 Å². The fourth-order valence-corrected chi connectivity index (χ4v) is 2.41. The predicted octanol–water partition coefficient (Wildman–Crippen LogP) is 2.10. The van der Waals surface area contributed by atoms with Crippen LogP contribution in [0.1, 0.15) is 41.3 Å². The Morgan fingerprint density at radius 1 is 1.42 bits per heavy atom. The molecule has 0 aromatic carbocycles. The molecule has 6 heteroatoms. The van der Waals surface area contributed by atoms with Crippen molar-refractivity contribution in [1.29, 1.82) is 0 Å². The van der Waals surface area contributed by atoms with E-state index in [1.807, 2.05) is 19.3 Å². The van der Waals surface area contributed by atoms with Crippen molar-refractivity contribution >= 4 is 17.2 Å². The Hall–Kier alpha value is -1.69. The van der Waals surface area contributed by atoms with Gasteiger partial charge in [-0.3, -0.25) is 4.79 Å². The predicted molar refractivity (Wildman–Crippen MR) is 75.2 cm³/mol. The quantitative estimate of drug-likeness (QED) is 0.935. The highest BCUT2D eigenvalue weighted by atomic mass is 32.1. The van der Waals surface area contributed by atoms with E-state index in [9.17, 15) is 4.79 Å². The maximum atomic E-state index is 11.9. The Morgan fingerprint density at radius 3 is 2.68 bits per heavy atom. The average Bonchev–Trinajstić information content (AvgIpc) is 2.93. The summed E-state index contributed by atoms with van der Waals surface area (Å²) in [5.74, 6) is -0.0972. The molecule has 0 bridgehead atoms. The van der Waals surface area contributed by atoms with Crippen molar-refractivity contribution in [3.63, 3.8) is 0 Å². The molecule has 0 atom stereocenters. The molecule has 0 aliphatic rings. The van der Waals surface area contributed by atoms with Crippen LogP contribution >= 0.6 is 11.3 Å². The first kappa shape index (κ1) is 13.7. The monoisotopic (exact) mass is 278 g/mol. The van der Waals surface area contributed by atoms with Crippen molar-refractivity contribution in [1.82, 2.24) is 20.1 Å². The maximum Gasteiger partial charge on any atom is 0.268 e. The summed E-state index contributed by atoms with van der Waals surface area (Å²) in [5.41, 5.74) is 0.637. The molecule has 0 radical (unpaired) electrons. The number of hydrogen-bond acceptors (Lipinski definition) is 4. The van der Waals surface area contributed by atoms with Crippen LogP contribution in [-0.4, -0.2) is 20.7 Å². The third kappa shape index (κ3) is 3.20. The molecule has 2 aromatic rings. The summed E-state index contributed by atoms with van der Waals surface area (Å²) >= 11 is 1.54. The van der Waals surface area contributed by atoms with Gasteiger partial charge in [0, 0.05) is 18.7 Å². The number of aryl methyl sites for hydroxylation is 1. The van der Waals surface area contributed by atoms with Gasteiger partial charge in [0.2, 0.25) is 0 Å². The van der Waals surface area contributed by atoms with E-state index in [-0.39, 0.29) is 11.3 Å². The lowest BCUT2D eigenvalue weighted by Crippen LogP contribution is -2.24. The second-order valence-electron chi connectivity index (χ2n) is 5.44. The molecule has 2 rings (SSSR count). The molecule has 0 aliphatic carbocycles.